The Hall–Kier alpha value is -0.280. The Kier molecular flexibility index (Phi) is 4.20. The zero-order chi connectivity index (χ0) is 9.26. The van der Waals surface area contributed by atoms with E-state index in [1.54, 1.807) is 0 Å². The van der Waals surface area contributed by atoms with Crippen LogP contribution in [0.25, 0.3) is 0 Å². The number of halogens is 1. The summed E-state index contributed by atoms with van der Waals surface area (Å²) in [5.74, 6) is 1.27. The van der Waals surface area contributed by atoms with Crippen LogP contribution in [0.1, 0.15) is 26.2 Å². The van der Waals surface area contributed by atoms with Crippen molar-refractivity contribution < 1.29 is 4.79 Å². The highest BCUT2D eigenvalue weighted by atomic mass is 35.5. The van der Waals surface area contributed by atoms with Crippen molar-refractivity contribution in [3.8, 4) is 0 Å². The van der Waals surface area contributed by atoms with E-state index < -0.39 is 0 Å². The second kappa shape index (κ2) is 4.99. The highest BCUT2D eigenvalue weighted by Gasteiger charge is 2.37. The summed E-state index contributed by atoms with van der Waals surface area (Å²) in [5.41, 5.74) is 0. The molecule has 0 radical (unpaired) electrons. The number of rotatable bonds is 3. The van der Waals surface area contributed by atoms with E-state index in [1.165, 1.54) is 12.8 Å². The smallest absolute Gasteiger partial charge is 0.224 e. The summed E-state index contributed by atoms with van der Waals surface area (Å²) in [6.45, 7) is 4.06. The molecule has 1 amide bonds. The molecule has 2 unspecified atom stereocenters. The molecular formula is C10H19ClN2O. The molecule has 2 rings (SSSR count). The molecule has 2 aliphatic rings. The molecule has 1 saturated carbocycles. The number of carbonyl (C=O) groups excluding carboxylic acids is 1. The van der Waals surface area contributed by atoms with Crippen molar-refractivity contribution in [2.45, 2.75) is 32.2 Å². The highest BCUT2D eigenvalue weighted by molar-refractivity contribution is 5.85. The van der Waals surface area contributed by atoms with Gasteiger partial charge in [-0.3, -0.25) is 4.79 Å². The van der Waals surface area contributed by atoms with Crippen LogP contribution in [0.2, 0.25) is 0 Å². The van der Waals surface area contributed by atoms with Crippen LogP contribution in [-0.2, 0) is 4.79 Å². The van der Waals surface area contributed by atoms with Gasteiger partial charge in [-0.05, 0) is 25.3 Å². The fourth-order valence-corrected chi connectivity index (χ4v) is 2.05. The first-order valence-corrected chi connectivity index (χ1v) is 5.32. The lowest BCUT2D eigenvalue weighted by Crippen LogP contribution is -2.34. The van der Waals surface area contributed by atoms with Crippen molar-refractivity contribution in [1.82, 2.24) is 10.6 Å². The molecule has 1 aliphatic heterocycles. The maximum Gasteiger partial charge on any atom is 0.224 e. The molecule has 3 nitrogen and oxygen atoms in total. The van der Waals surface area contributed by atoms with E-state index in [1.807, 2.05) is 0 Å². The monoisotopic (exact) mass is 218 g/mol. The first-order valence-electron chi connectivity index (χ1n) is 5.32. The summed E-state index contributed by atoms with van der Waals surface area (Å²) < 4.78 is 0. The van der Waals surface area contributed by atoms with Crippen LogP contribution in [0.5, 0.6) is 0 Å². The molecule has 0 spiro atoms. The topological polar surface area (TPSA) is 41.1 Å². The molecule has 0 aromatic carbocycles. The van der Waals surface area contributed by atoms with Crippen molar-refractivity contribution in [2.75, 3.05) is 13.1 Å². The standard InChI is InChI=1S/C10H18N2O.ClH/c1-2-7-5-9(7)12-10(13)8-3-4-11-6-8;/h7-9,11H,2-6H2,1H3,(H,12,13);1H/t7?,8-,9?;/m0./s1. The van der Waals surface area contributed by atoms with Crippen molar-refractivity contribution in [2.24, 2.45) is 11.8 Å². The van der Waals surface area contributed by atoms with Gasteiger partial charge in [-0.25, -0.2) is 0 Å². The zero-order valence-corrected chi connectivity index (χ0v) is 9.40. The van der Waals surface area contributed by atoms with E-state index >= 15 is 0 Å². The van der Waals surface area contributed by atoms with Gasteiger partial charge in [0.05, 0.1) is 5.92 Å². The van der Waals surface area contributed by atoms with E-state index in [0.717, 1.165) is 25.4 Å². The third-order valence-corrected chi connectivity index (χ3v) is 3.21. The zero-order valence-electron chi connectivity index (χ0n) is 8.58. The van der Waals surface area contributed by atoms with E-state index in [9.17, 15) is 4.79 Å². The summed E-state index contributed by atoms with van der Waals surface area (Å²) in [4.78, 5) is 11.6. The van der Waals surface area contributed by atoms with Gasteiger partial charge < -0.3 is 10.6 Å². The van der Waals surface area contributed by atoms with Crippen molar-refractivity contribution in [3.63, 3.8) is 0 Å². The van der Waals surface area contributed by atoms with Gasteiger partial charge >= 0.3 is 0 Å². The van der Waals surface area contributed by atoms with Gasteiger partial charge in [0.25, 0.3) is 0 Å². The molecule has 2 fully saturated rings. The second-order valence-electron chi connectivity index (χ2n) is 4.21. The minimum Gasteiger partial charge on any atom is -0.353 e. The Labute approximate surface area is 91.4 Å². The Morgan fingerprint density at radius 1 is 1.57 bits per heavy atom. The van der Waals surface area contributed by atoms with Crippen LogP contribution in [0.4, 0.5) is 0 Å². The lowest BCUT2D eigenvalue weighted by atomic mass is 10.1. The van der Waals surface area contributed by atoms with Gasteiger partial charge in [0.15, 0.2) is 0 Å². The molecule has 0 bridgehead atoms. The minimum absolute atomic E-state index is 0. The Morgan fingerprint density at radius 3 is 2.86 bits per heavy atom. The van der Waals surface area contributed by atoms with Crippen molar-refractivity contribution in [3.05, 3.63) is 0 Å². The van der Waals surface area contributed by atoms with Crippen molar-refractivity contribution >= 4 is 18.3 Å². The van der Waals surface area contributed by atoms with Crippen LogP contribution in [0.15, 0.2) is 0 Å². The van der Waals surface area contributed by atoms with Crippen LogP contribution in [0, 0.1) is 11.8 Å². The minimum atomic E-state index is 0. The fraction of sp³-hybridized carbons (Fsp3) is 0.900. The lowest BCUT2D eigenvalue weighted by molar-refractivity contribution is -0.124. The Bertz CT molecular complexity index is 204. The Balaban J connectivity index is 0.000000980. The molecule has 82 valence electrons. The maximum atomic E-state index is 11.6. The molecule has 0 aromatic rings. The van der Waals surface area contributed by atoms with Gasteiger partial charge in [-0.2, -0.15) is 0 Å². The van der Waals surface area contributed by atoms with Gasteiger partial charge in [0, 0.05) is 12.6 Å². The fourth-order valence-electron chi connectivity index (χ4n) is 2.05. The van der Waals surface area contributed by atoms with Crippen LogP contribution >= 0.6 is 12.4 Å². The number of hydrogen-bond donors (Lipinski definition) is 2. The van der Waals surface area contributed by atoms with Crippen LogP contribution in [0.3, 0.4) is 0 Å². The van der Waals surface area contributed by atoms with E-state index in [-0.39, 0.29) is 24.2 Å². The summed E-state index contributed by atoms with van der Waals surface area (Å²) in [6, 6.07) is 0.498. The first-order chi connectivity index (χ1) is 6.31. The predicted molar refractivity (Wildman–Crippen MR) is 58.6 cm³/mol. The molecule has 1 saturated heterocycles. The third-order valence-electron chi connectivity index (χ3n) is 3.21. The molecule has 2 N–H and O–H groups in total. The maximum absolute atomic E-state index is 11.6. The molecular weight excluding hydrogens is 200 g/mol. The normalized spacial score (nSPS) is 34.8. The largest absolute Gasteiger partial charge is 0.353 e. The predicted octanol–water partition coefficient (Wildman–Crippen LogP) is 0.932. The van der Waals surface area contributed by atoms with E-state index in [0.29, 0.717) is 6.04 Å². The third kappa shape index (κ3) is 2.61. The van der Waals surface area contributed by atoms with Crippen LogP contribution in [-0.4, -0.2) is 25.0 Å². The SMILES string of the molecule is CCC1CC1NC(=O)[C@H]1CCNC1.Cl. The average molecular weight is 219 g/mol. The van der Waals surface area contributed by atoms with Gasteiger partial charge in [-0.1, -0.05) is 13.3 Å². The molecule has 1 heterocycles. The Morgan fingerprint density at radius 2 is 2.36 bits per heavy atom. The molecule has 1 aliphatic carbocycles. The quantitative estimate of drug-likeness (QED) is 0.740. The number of amides is 1. The summed E-state index contributed by atoms with van der Waals surface area (Å²) in [7, 11) is 0. The van der Waals surface area contributed by atoms with Gasteiger partial charge in [0.2, 0.25) is 5.91 Å². The van der Waals surface area contributed by atoms with Crippen molar-refractivity contribution in [1.29, 1.82) is 0 Å². The number of carbonyl (C=O) groups is 1. The highest BCUT2D eigenvalue weighted by Crippen LogP contribution is 2.33. The lowest BCUT2D eigenvalue weighted by Gasteiger charge is -2.08. The van der Waals surface area contributed by atoms with E-state index in [4.69, 9.17) is 0 Å². The summed E-state index contributed by atoms with van der Waals surface area (Å²) in [6.07, 6.45) is 3.41. The number of hydrogen-bond acceptors (Lipinski definition) is 2. The second-order valence-corrected chi connectivity index (χ2v) is 4.21. The molecule has 4 heteroatoms. The van der Waals surface area contributed by atoms with Gasteiger partial charge in [-0.15, -0.1) is 12.4 Å². The molecule has 3 atom stereocenters. The van der Waals surface area contributed by atoms with Crippen LogP contribution < -0.4 is 10.6 Å². The summed E-state index contributed by atoms with van der Waals surface area (Å²) in [5, 5.41) is 6.33. The van der Waals surface area contributed by atoms with E-state index in [2.05, 4.69) is 17.6 Å². The average Bonchev–Trinajstić information content (AvgIpc) is 2.68. The first kappa shape index (κ1) is 11.8. The molecule has 0 aromatic heterocycles. The molecule has 14 heavy (non-hydrogen) atoms. The summed E-state index contributed by atoms with van der Waals surface area (Å²) >= 11 is 0. The number of nitrogens with one attached hydrogen (secondary N) is 2. The van der Waals surface area contributed by atoms with Gasteiger partial charge in [0.1, 0.15) is 0 Å².